The molecule has 16 heteroatoms. The van der Waals surface area contributed by atoms with E-state index in [1.165, 1.54) is 112 Å². The summed E-state index contributed by atoms with van der Waals surface area (Å²) in [6.45, 7) is 35.5. The maximum Gasteiger partial charge on any atom is 1.00 e. The van der Waals surface area contributed by atoms with Gasteiger partial charge in [0, 0.05) is 50.1 Å². The van der Waals surface area contributed by atoms with E-state index in [-0.39, 0.29) is 182 Å². The normalized spacial score (nSPS) is 23.1. The molecule has 3 atom stereocenters. The van der Waals surface area contributed by atoms with Gasteiger partial charge in [0.25, 0.3) is 0 Å². The van der Waals surface area contributed by atoms with Crippen LogP contribution in [0.1, 0.15) is 93.1 Å². The molecule has 9 aliphatic heterocycles. The van der Waals surface area contributed by atoms with Crippen LogP contribution in [0.15, 0.2) is 99.6 Å². The molecule has 0 aliphatic carbocycles. The van der Waals surface area contributed by atoms with Crippen molar-refractivity contribution in [2.24, 2.45) is 17.8 Å². The molecule has 0 amide bonds. The number of hydrogen-bond donors (Lipinski definition) is 0. The first-order valence-electron chi connectivity index (χ1n) is 28.0. The Bertz CT molecular complexity index is 1530. The Morgan fingerprint density at radius 1 is 0.440 bits per heavy atom. The molecule has 12 rings (SSSR count). The van der Waals surface area contributed by atoms with Gasteiger partial charge in [0.15, 0.2) is 0 Å². The predicted molar refractivity (Wildman–Crippen MR) is 345 cm³/mol. The zero-order valence-electron chi connectivity index (χ0n) is 51.5. The van der Waals surface area contributed by atoms with Crippen LogP contribution in [-0.2, 0) is 6.54 Å². The van der Waals surface area contributed by atoms with Crippen molar-refractivity contribution < 1.29 is 175 Å². The molecule has 3 aromatic carbocycles. The summed E-state index contributed by atoms with van der Waals surface area (Å²) in [5.41, 5.74) is 20.9. The third-order valence-electron chi connectivity index (χ3n) is 12.6. The first kappa shape index (κ1) is 89.4. The number of hydrogen-bond acceptors (Lipinski definition) is 6. The zero-order valence-corrected chi connectivity index (χ0v) is 74.4. The molecule has 2 radical (unpaired) electrons. The average Bonchev–Trinajstić information content (AvgIpc) is 3.38. The van der Waals surface area contributed by atoms with Crippen LogP contribution in [0, 0.1) is 17.8 Å². The fourth-order valence-corrected chi connectivity index (χ4v) is 12.6. The smallest absolute Gasteiger partial charge is 0.674 e. The molecule has 3 N–H and O–H groups in total. The van der Waals surface area contributed by atoms with Crippen molar-refractivity contribution in [3.8, 4) is 0 Å². The second kappa shape index (κ2) is 58.6. The summed E-state index contributed by atoms with van der Waals surface area (Å²) >= 11 is 5.13. The number of fused-ring (bicyclic) bond motifs is 9. The molecular formula is C59H111B2N6Rb3S3Sn2. The number of nitrogens with one attached hydrogen (secondary N) is 3. The third kappa shape index (κ3) is 44.7. The van der Waals surface area contributed by atoms with Gasteiger partial charge in [-0.2, -0.15) is 13.1 Å². The summed E-state index contributed by atoms with van der Waals surface area (Å²) in [5, 5.41) is 2.48. The minimum absolute atomic E-state index is 0. The second-order valence-corrected chi connectivity index (χ2v) is 41.6. The van der Waals surface area contributed by atoms with Gasteiger partial charge in [0.05, 0.1) is 0 Å². The predicted octanol–water partition coefficient (Wildman–Crippen LogP) is 9.30. The number of rotatable bonds is 8. The molecule has 412 valence electrons. The third-order valence-corrected chi connectivity index (χ3v) is 16.7. The molecule has 9 heterocycles. The fourth-order valence-electron chi connectivity index (χ4n) is 8.34. The largest absolute Gasteiger partial charge is 1.00 e. The minimum atomic E-state index is -0.543. The molecule has 0 aromatic heterocycles. The molecule has 0 unspecified atom stereocenters. The number of piperidine rings is 9. The molecule has 0 saturated carbocycles. The van der Waals surface area contributed by atoms with Crippen LogP contribution in [0.25, 0.3) is 17.2 Å². The standard InChI is InChI=1S/C14H19N2S.2C13H17NS.C4H12B2.2C2H6N.2C2H6.CH4.6CH3.3Rb.2Sn/c15-9-11-1-3-13(4-2-11)17-14-10-16-7-5-12(14)6-8-16;2*1-2-4-12(5-3-1)15-13-10-14-8-6-11(13)7-9-14;1-5(2)6(3)4;2*1-2-3;2*1-2;;;;;;;;;;;;/h1-4,12,14-15H,5-10H2;2*1-5,11,13H,6-10H2;1-4H3;2*3H,2H2,1H3;2*1-2H3;1H4;6*1H3;;;;;/q-1;;;;2*-1;;;;;;;;;;3*+1;;/t14-;2*13-;;;;;;;;;;;;;;;;;/m000................./s1. The van der Waals surface area contributed by atoms with E-state index in [9.17, 15) is 0 Å². The zero-order chi connectivity index (χ0) is 53.6. The van der Waals surface area contributed by atoms with Crippen LogP contribution in [0.3, 0.4) is 0 Å². The van der Waals surface area contributed by atoms with Gasteiger partial charge >= 0.3 is 244 Å². The average molecular weight is 1520 g/mol. The summed E-state index contributed by atoms with van der Waals surface area (Å²) in [6, 6.07) is 30.3. The van der Waals surface area contributed by atoms with E-state index in [2.05, 4.69) is 180 Å². The van der Waals surface area contributed by atoms with Crippen molar-refractivity contribution in [1.29, 1.82) is 0 Å². The summed E-state index contributed by atoms with van der Waals surface area (Å²) in [7, 11) is 0. The van der Waals surface area contributed by atoms with Crippen molar-refractivity contribution in [2.45, 2.75) is 181 Å². The van der Waals surface area contributed by atoms with Crippen LogP contribution in [0.5, 0.6) is 0 Å². The fraction of sp³-hybridized carbons (Fsp3) is 0.695. The Balaban J connectivity index is -0.000000265. The molecule has 6 nitrogen and oxygen atoms in total. The first-order valence-corrected chi connectivity index (χ1v) is 47.7. The first-order chi connectivity index (χ1) is 34.1. The molecule has 9 fully saturated rings. The molecule has 9 saturated heterocycles. The van der Waals surface area contributed by atoms with Gasteiger partial charge in [0.2, 0.25) is 0 Å². The summed E-state index contributed by atoms with van der Waals surface area (Å²) < 4.78 is 0. The summed E-state index contributed by atoms with van der Waals surface area (Å²) in [6.07, 6.45) is 8.47. The minimum Gasteiger partial charge on any atom is -0.674 e. The quantitative estimate of drug-likeness (QED) is 0.210. The molecule has 9 aliphatic rings. The van der Waals surface area contributed by atoms with Crippen LogP contribution in [0.2, 0.25) is 56.9 Å². The van der Waals surface area contributed by atoms with E-state index >= 15 is 0 Å². The Morgan fingerprint density at radius 3 is 0.827 bits per heavy atom. The second-order valence-electron chi connectivity index (χ2n) is 20.5. The molecular weight excluding hydrogens is 1400 g/mol. The van der Waals surface area contributed by atoms with E-state index in [1.54, 1.807) is 13.8 Å². The summed E-state index contributed by atoms with van der Waals surface area (Å²) in [4.78, 5) is 26.3. The van der Waals surface area contributed by atoms with E-state index < -0.39 is 39.5 Å². The topological polar surface area (TPSA) is 81.1 Å². The molecule has 3 aromatic rings. The van der Waals surface area contributed by atoms with Gasteiger partial charge in [0.1, 0.15) is 13.2 Å². The Hall–Kier alpha value is 5.61. The van der Waals surface area contributed by atoms with Crippen LogP contribution < -0.4 is 175 Å². The van der Waals surface area contributed by atoms with Crippen LogP contribution >= 0.6 is 35.3 Å². The van der Waals surface area contributed by atoms with Gasteiger partial charge in [-0.05, 0) is 132 Å². The van der Waals surface area contributed by atoms with Gasteiger partial charge in [-0.1, -0.05) is 130 Å². The van der Waals surface area contributed by atoms with Crippen molar-refractivity contribution in [2.75, 3.05) is 72.0 Å². The van der Waals surface area contributed by atoms with E-state index in [4.69, 9.17) is 17.2 Å². The monoisotopic (exact) mass is 1520 g/mol. The Kier molecular flexibility index (Phi) is 69.9. The van der Waals surface area contributed by atoms with Gasteiger partial charge < -0.3 is 31.9 Å². The molecule has 6 bridgehead atoms. The number of nitrogens with zero attached hydrogens (tertiary/aromatic N) is 3. The van der Waals surface area contributed by atoms with Crippen LogP contribution in [-0.4, -0.2) is 155 Å². The van der Waals surface area contributed by atoms with Crippen molar-refractivity contribution in [3.05, 3.63) is 108 Å². The Labute approximate surface area is 643 Å². The maximum absolute atomic E-state index is 7.32. The summed E-state index contributed by atoms with van der Waals surface area (Å²) in [5.74, 6) is 2.88. The van der Waals surface area contributed by atoms with Crippen molar-refractivity contribution in [3.63, 3.8) is 0 Å². The SMILES string of the molecule is C.CB(C)B(C)C.CC.CC.CC[NH-].CC[NH-].[CH3][Sn]([CH3])[CH3].[CH3][Sn]([CH3])[CH3].[NH-]Cc1ccc(S[C@H]2CN3CCC2CC3)cc1.[Rb+].[Rb+].[Rb+].c1ccc(S[C@H]2CN3CCC2CC3)cc1.c1ccc(S[C@H]2CN3CCC2CC3)cc1. The maximum atomic E-state index is 7.32. The van der Waals surface area contributed by atoms with Gasteiger partial charge in [-0.3, -0.25) is 0 Å². The molecule has 0 spiro atoms. The van der Waals surface area contributed by atoms with Crippen LogP contribution in [0.4, 0.5) is 0 Å². The van der Waals surface area contributed by atoms with E-state index in [0.717, 1.165) is 52.3 Å². The molecule has 75 heavy (non-hydrogen) atoms. The van der Waals surface area contributed by atoms with Gasteiger partial charge in [-0.15, -0.1) is 41.8 Å². The van der Waals surface area contributed by atoms with E-state index in [0.29, 0.717) is 19.6 Å². The van der Waals surface area contributed by atoms with Gasteiger partial charge in [-0.25, -0.2) is 0 Å². The van der Waals surface area contributed by atoms with E-state index in [1.807, 2.05) is 39.5 Å². The number of benzene rings is 3. The Morgan fingerprint density at radius 2 is 0.653 bits per heavy atom. The van der Waals surface area contributed by atoms with Crippen molar-refractivity contribution >= 4 is 88.0 Å². The number of thioether (sulfide) groups is 3. The van der Waals surface area contributed by atoms with Crippen molar-refractivity contribution in [1.82, 2.24) is 14.7 Å².